The number of rotatable bonds is 5. The van der Waals surface area contributed by atoms with E-state index < -0.39 is 10.0 Å². The molecular weight excluding hydrogens is 332 g/mol. The molecule has 1 aromatic carbocycles. The predicted octanol–water partition coefficient (Wildman–Crippen LogP) is 2.34. The molecule has 110 valence electrons. The molecule has 0 saturated heterocycles. The van der Waals surface area contributed by atoms with E-state index >= 15 is 0 Å². The van der Waals surface area contributed by atoms with Crippen LogP contribution in [0.5, 0.6) is 0 Å². The van der Waals surface area contributed by atoms with E-state index in [-0.39, 0.29) is 26.3 Å². The Kier molecular flexibility index (Phi) is 4.76. The predicted molar refractivity (Wildman–Crippen MR) is 82.4 cm³/mol. The zero-order valence-electron chi connectivity index (χ0n) is 10.8. The molecule has 0 aliphatic heterocycles. The van der Waals surface area contributed by atoms with Crippen LogP contribution in [0.3, 0.4) is 0 Å². The Morgan fingerprint density at radius 1 is 1.33 bits per heavy atom. The van der Waals surface area contributed by atoms with Crippen molar-refractivity contribution >= 4 is 39.2 Å². The molecule has 0 amide bonds. The molecule has 5 nitrogen and oxygen atoms in total. The van der Waals surface area contributed by atoms with Gasteiger partial charge in [0.1, 0.15) is 10.0 Å². The summed E-state index contributed by atoms with van der Waals surface area (Å²) >= 11 is 6.94. The van der Waals surface area contributed by atoms with Gasteiger partial charge in [-0.25, -0.2) is 8.42 Å². The molecule has 0 unspecified atom stereocenters. The van der Waals surface area contributed by atoms with Gasteiger partial charge in [0.05, 0.1) is 11.4 Å². The molecule has 0 spiro atoms. The summed E-state index contributed by atoms with van der Waals surface area (Å²) in [6.45, 7) is 3.75. The molecule has 2 rings (SSSR count). The van der Waals surface area contributed by atoms with Crippen LogP contribution in [0.1, 0.15) is 9.67 Å². The van der Waals surface area contributed by atoms with Crippen molar-refractivity contribution in [3.8, 4) is 0 Å². The summed E-state index contributed by atoms with van der Waals surface area (Å²) in [5, 5.41) is -0.165. The summed E-state index contributed by atoms with van der Waals surface area (Å²) in [7, 11) is -3.91. The maximum absolute atomic E-state index is 12.7. The molecule has 0 aliphatic carbocycles. The lowest BCUT2D eigenvalue weighted by molar-refractivity contribution is 0.112. The van der Waals surface area contributed by atoms with Crippen molar-refractivity contribution in [2.45, 2.75) is 4.90 Å². The summed E-state index contributed by atoms with van der Waals surface area (Å²) < 4.78 is 26.2. The maximum Gasteiger partial charge on any atom is 0.271 e. The third-order valence-electron chi connectivity index (χ3n) is 2.50. The second kappa shape index (κ2) is 6.38. The molecule has 21 heavy (non-hydrogen) atoms. The van der Waals surface area contributed by atoms with Crippen LogP contribution in [0.2, 0.25) is 5.15 Å². The third-order valence-corrected chi connectivity index (χ3v) is 5.91. The summed E-state index contributed by atoms with van der Waals surface area (Å²) in [5.74, 6) is 0. The molecule has 8 heteroatoms. The Bertz CT molecular complexity index is 836. The highest BCUT2D eigenvalue weighted by atomic mass is 35.5. The first-order valence-corrected chi connectivity index (χ1v) is 8.44. The number of carbonyl (C=O) groups is 1. The second-order valence-electron chi connectivity index (χ2n) is 3.87. The lowest BCUT2D eigenvalue weighted by Gasteiger charge is -2.06. The first-order valence-electron chi connectivity index (χ1n) is 5.81. The van der Waals surface area contributed by atoms with Gasteiger partial charge in [-0.05, 0) is 12.1 Å². The number of nitrogens with zero attached hydrogens (tertiary/aromatic N) is 2. The molecule has 0 N–H and O–H groups in total. The van der Waals surface area contributed by atoms with Crippen molar-refractivity contribution in [1.82, 2.24) is 3.97 Å². The monoisotopic (exact) mass is 342 g/mol. The first-order chi connectivity index (χ1) is 10.0. The molecule has 0 saturated carbocycles. The number of benzene rings is 1. The minimum Gasteiger partial charge on any atom is -0.297 e. The number of hydrogen-bond donors (Lipinski definition) is 0. The maximum atomic E-state index is 12.7. The number of aldehydes is 1. The normalized spacial score (nSPS) is 12.3. The van der Waals surface area contributed by atoms with Crippen molar-refractivity contribution in [2.24, 2.45) is 4.99 Å². The van der Waals surface area contributed by atoms with Crippen LogP contribution in [0.25, 0.3) is 0 Å². The Labute approximate surface area is 130 Å². The van der Waals surface area contributed by atoms with Gasteiger partial charge < -0.3 is 0 Å². The van der Waals surface area contributed by atoms with Crippen LogP contribution < -0.4 is 4.80 Å². The van der Waals surface area contributed by atoms with Gasteiger partial charge in [-0.15, -0.1) is 6.58 Å². The van der Waals surface area contributed by atoms with Crippen LogP contribution in [0, 0.1) is 0 Å². The van der Waals surface area contributed by atoms with E-state index in [0.29, 0.717) is 6.29 Å². The summed E-state index contributed by atoms with van der Waals surface area (Å²) in [6, 6.07) is 7.82. The Balaban J connectivity index is 2.76. The van der Waals surface area contributed by atoms with Crippen LogP contribution in [0.4, 0.5) is 0 Å². The topological polar surface area (TPSA) is 68.5 Å². The fourth-order valence-corrected chi connectivity index (χ4v) is 4.63. The fraction of sp³-hybridized carbons (Fsp3) is 0.0769. The Morgan fingerprint density at radius 2 is 2.00 bits per heavy atom. The molecule has 0 fully saturated rings. The largest absolute Gasteiger partial charge is 0.297 e. The van der Waals surface area contributed by atoms with Crippen molar-refractivity contribution in [3.05, 3.63) is 57.8 Å². The number of hydrogen-bond acceptors (Lipinski definition) is 5. The lowest BCUT2D eigenvalue weighted by atomic mass is 10.4. The van der Waals surface area contributed by atoms with Gasteiger partial charge in [-0.1, -0.05) is 47.2 Å². The van der Waals surface area contributed by atoms with E-state index in [4.69, 9.17) is 11.6 Å². The fourth-order valence-electron chi connectivity index (χ4n) is 1.58. The average Bonchev–Trinajstić information content (AvgIpc) is 2.82. The van der Waals surface area contributed by atoms with Gasteiger partial charge in [-0.2, -0.15) is 3.97 Å². The van der Waals surface area contributed by atoms with Crippen LogP contribution in [0.15, 0.2) is 52.9 Å². The minimum absolute atomic E-state index is 0.0715. The molecule has 0 aliphatic rings. The molecule has 1 heterocycles. The highest BCUT2D eigenvalue weighted by molar-refractivity contribution is 7.90. The highest BCUT2D eigenvalue weighted by Gasteiger charge is 2.24. The molecule has 0 bridgehead atoms. The first kappa shape index (κ1) is 15.7. The van der Waals surface area contributed by atoms with E-state index in [1.54, 1.807) is 18.2 Å². The number of carbonyl (C=O) groups excluding carboxylic acids is 1. The standard InChI is InChI=1S/C13H11ClN2O3S2/c1-2-8-15-13-16(12(14)11(9-17)20-13)21(18,19)10-6-4-3-5-7-10/h2-7,9H,1,8H2. The van der Waals surface area contributed by atoms with E-state index in [1.807, 2.05) is 0 Å². The number of aromatic nitrogens is 1. The van der Waals surface area contributed by atoms with Gasteiger partial charge in [0, 0.05) is 0 Å². The third kappa shape index (κ3) is 2.99. The summed E-state index contributed by atoms with van der Waals surface area (Å²) in [6.07, 6.45) is 2.03. The van der Waals surface area contributed by atoms with Gasteiger partial charge in [0.25, 0.3) is 10.0 Å². The van der Waals surface area contributed by atoms with Crippen LogP contribution in [-0.4, -0.2) is 25.2 Å². The Hall–Kier alpha value is -1.70. The van der Waals surface area contributed by atoms with E-state index in [2.05, 4.69) is 11.6 Å². The second-order valence-corrected chi connectivity index (χ2v) is 7.02. The van der Waals surface area contributed by atoms with Crippen molar-refractivity contribution < 1.29 is 13.2 Å². The van der Waals surface area contributed by atoms with Gasteiger partial charge in [0.2, 0.25) is 4.80 Å². The molecule has 1 aromatic heterocycles. The van der Waals surface area contributed by atoms with E-state index in [9.17, 15) is 13.2 Å². The molecule has 2 aromatic rings. The van der Waals surface area contributed by atoms with Crippen molar-refractivity contribution in [2.75, 3.05) is 6.54 Å². The van der Waals surface area contributed by atoms with Crippen molar-refractivity contribution in [1.29, 1.82) is 0 Å². The summed E-state index contributed by atoms with van der Waals surface area (Å²) in [4.78, 5) is 15.4. The summed E-state index contributed by atoms with van der Waals surface area (Å²) in [5.41, 5.74) is 0. The van der Waals surface area contributed by atoms with E-state index in [1.165, 1.54) is 18.2 Å². The van der Waals surface area contributed by atoms with Crippen LogP contribution in [-0.2, 0) is 10.0 Å². The quantitative estimate of drug-likeness (QED) is 0.618. The molecule has 0 radical (unpaired) electrons. The Morgan fingerprint density at radius 3 is 2.57 bits per heavy atom. The zero-order chi connectivity index (χ0) is 15.5. The number of thiazole rings is 1. The zero-order valence-corrected chi connectivity index (χ0v) is 13.2. The molecule has 0 atom stereocenters. The van der Waals surface area contributed by atoms with Crippen LogP contribution >= 0.6 is 22.9 Å². The minimum atomic E-state index is -3.91. The van der Waals surface area contributed by atoms with Gasteiger partial charge in [0.15, 0.2) is 6.29 Å². The molecular formula is C13H11ClN2O3S2. The highest BCUT2D eigenvalue weighted by Crippen LogP contribution is 2.22. The number of halogens is 1. The van der Waals surface area contributed by atoms with E-state index in [0.717, 1.165) is 15.3 Å². The smallest absolute Gasteiger partial charge is 0.271 e. The van der Waals surface area contributed by atoms with Crippen molar-refractivity contribution in [3.63, 3.8) is 0 Å². The average molecular weight is 343 g/mol. The SMILES string of the molecule is C=CCN=c1sc(C=O)c(Cl)n1S(=O)(=O)c1ccccc1. The van der Waals surface area contributed by atoms with Gasteiger partial charge >= 0.3 is 0 Å². The van der Waals surface area contributed by atoms with Gasteiger partial charge in [-0.3, -0.25) is 9.79 Å². The lowest BCUT2D eigenvalue weighted by Crippen LogP contribution is -2.24.